The number of benzene rings is 1. The van der Waals surface area contributed by atoms with Gasteiger partial charge in [0.25, 0.3) is 5.56 Å². The first-order valence-corrected chi connectivity index (χ1v) is 4.59. The van der Waals surface area contributed by atoms with Gasteiger partial charge >= 0.3 is 0 Å². The Bertz CT molecular complexity index is 529. The van der Waals surface area contributed by atoms with Crippen LogP contribution < -0.4 is 5.56 Å². The SMILES string of the molecule is CC(=O)n1sc2ccccc2c1=O.[HH]. The van der Waals surface area contributed by atoms with E-state index in [1.807, 2.05) is 12.1 Å². The van der Waals surface area contributed by atoms with Crippen molar-refractivity contribution in [1.82, 2.24) is 3.96 Å². The van der Waals surface area contributed by atoms with Gasteiger partial charge in [-0.3, -0.25) is 9.59 Å². The topological polar surface area (TPSA) is 39.1 Å². The quantitative estimate of drug-likeness (QED) is 0.644. The Kier molecular flexibility index (Phi) is 1.77. The summed E-state index contributed by atoms with van der Waals surface area (Å²) in [5.74, 6) is -0.230. The van der Waals surface area contributed by atoms with Gasteiger partial charge in [0.2, 0.25) is 5.91 Å². The number of hydrogen-bond donors (Lipinski definition) is 0. The van der Waals surface area contributed by atoms with Gasteiger partial charge in [-0.15, -0.1) is 0 Å². The number of carbonyl (C=O) groups is 1. The number of hydrogen-bond acceptors (Lipinski definition) is 3. The first kappa shape index (κ1) is 8.19. The molecule has 2 rings (SSSR count). The molecule has 0 saturated heterocycles. The second-order valence-electron chi connectivity index (χ2n) is 2.71. The molecule has 0 aliphatic heterocycles. The fourth-order valence-electron chi connectivity index (χ4n) is 1.18. The molecule has 0 amide bonds. The molecule has 0 bridgehead atoms. The molecule has 0 unspecified atom stereocenters. The molecule has 0 spiro atoms. The number of nitrogens with zero attached hydrogens (tertiary/aromatic N) is 1. The summed E-state index contributed by atoms with van der Waals surface area (Å²) in [4.78, 5) is 22.5. The lowest BCUT2D eigenvalue weighted by atomic mass is 10.3. The van der Waals surface area contributed by atoms with Crippen molar-refractivity contribution < 1.29 is 6.22 Å². The van der Waals surface area contributed by atoms with Crippen molar-refractivity contribution in [3.8, 4) is 0 Å². The van der Waals surface area contributed by atoms with Crippen LogP contribution in [0.25, 0.3) is 10.1 Å². The van der Waals surface area contributed by atoms with E-state index in [0.29, 0.717) is 5.39 Å². The number of aromatic nitrogens is 1. The monoisotopic (exact) mass is 195 g/mol. The largest absolute Gasteiger partial charge is 0.275 e. The summed E-state index contributed by atoms with van der Waals surface area (Å²) in [5, 5.41) is 0.614. The van der Waals surface area contributed by atoms with Crippen LogP contribution in [0, 0.1) is 0 Å². The van der Waals surface area contributed by atoms with Crippen molar-refractivity contribution in [3.05, 3.63) is 34.6 Å². The van der Waals surface area contributed by atoms with E-state index in [9.17, 15) is 9.59 Å². The number of carbonyl (C=O) groups excluding carboxylic acids is 1. The fourth-order valence-corrected chi connectivity index (χ4v) is 2.08. The molecule has 3 nitrogen and oxygen atoms in total. The van der Waals surface area contributed by atoms with Crippen LogP contribution in [0.2, 0.25) is 0 Å². The predicted molar refractivity (Wildman–Crippen MR) is 54.5 cm³/mol. The molecule has 1 aromatic heterocycles. The molecule has 0 atom stereocenters. The third kappa shape index (κ3) is 1.19. The van der Waals surface area contributed by atoms with E-state index < -0.39 is 0 Å². The molecular weight excluding hydrogens is 186 g/mol. The maximum absolute atomic E-state index is 11.5. The molecule has 13 heavy (non-hydrogen) atoms. The molecule has 0 N–H and O–H groups in total. The first-order valence-electron chi connectivity index (χ1n) is 3.82. The molecule has 0 saturated carbocycles. The van der Waals surface area contributed by atoms with Crippen LogP contribution in [0.5, 0.6) is 0 Å². The molecule has 4 heteroatoms. The highest BCUT2D eigenvalue weighted by Gasteiger charge is 2.08. The minimum absolute atomic E-state index is 0. The second kappa shape index (κ2) is 2.81. The standard InChI is InChI=1S/C9H7NO2S.H2/c1-6(11)10-9(12)7-4-2-3-5-8(7)13-10;/h2-5H,1H3;1H. The molecule has 0 aliphatic carbocycles. The predicted octanol–water partition coefficient (Wildman–Crippen LogP) is 1.97. The van der Waals surface area contributed by atoms with E-state index in [1.165, 1.54) is 22.4 Å². The Morgan fingerprint density at radius 1 is 1.46 bits per heavy atom. The second-order valence-corrected chi connectivity index (χ2v) is 3.69. The van der Waals surface area contributed by atoms with Crippen LogP contribution in [0.4, 0.5) is 0 Å². The smallest absolute Gasteiger partial charge is 0.273 e. The van der Waals surface area contributed by atoms with Gasteiger partial charge in [0, 0.05) is 8.35 Å². The van der Waals surface area contributed by atoms with E-state index >= 15 is 0 Å². The molecule has 0 radical (unpaired) electrons. The maximum Gasteiger partial charge on any atom is 0.275 e. The van der Waals surface area contributed by atoms with Crippen molar-refractivity contribution in [2.24, 2.45) is 0 Å². The lowest BCUT2D eigenvalue weighted by Gasteiger charge is -1.86. The van der Waals surface area contributed by atoms with Gasteiger partial charge in [0.15, 0.2) is 0 Å². The van der Waals surface area contributed by atoms with Crippen molar-refractivity contribution in [2.45, 2.75) is 6.92 Å². The molecule has 2 aromatic rings. The van der Waals surface area contributed by atoms with Gasteiger partial charge in [-0.05, 0) is 23.7 Å². The van der Waals surface area contributed by atoms with E-state index in [2.05, 4.69) is 0 Å². The Morgan fingerprint density at radius 2 is 2.15 bits per heavy atom. The van der Waals surface area contributed by atoms with Crippen molar-refractivity contribution in [3.63, 3.8) is 0 Å². The van der Waals surface area contributed by atoms with Crippen LogP contribution in [-0.2, 0) is 0 Å². The van der Waals surface area contributed by atoms with Gasteiger partial charge < -0.3 is 0 Å². The number of rotatable bonds is 0. The summed E-state index contributed by atoms with van der Waals surface area (Å²) in [6, 6.07) is 7.21. The Morgan fingerprint density at radius 3 is 2.77 bits per heavy atom. The Labute approximate surface area is 79.9 Å². The highest BCUT2D eigenvalue weighted by molar-refractivity contribution is 7.14. The molecule has 68 valence electrons. The van der Waals surface area contributed by atoms with Gasteiger partial charge in [-0.1, -0.05) is 12.1 Å². The summed E-state index contributed by atoms with van der Waals surface area (Å²) in [6.45, 7) is 1.39. The molecule has 1 heterocycles. The molecule has 0 aliphatic rings. The maximum atomic E-state index is 11.5. The zero-order valence-electron chi connectivity index (χ0n) is 6.98. The highest BCUT2D eigenvalue weighted by Crippen LogP contribution is 2.15. The van der Waals surface area contributed by atoms with E-state index in [1.54, 1.807) is 12.1 Å². The van der Waals surface area contributed by atoms with Crippen LogP contribution in [0.1, 0.15) is 13.1 Å². The normalized spacial score (nSPS) is 10.5. The van der Waals surface area contributed by atoms with Gasteiger partial charge in [-0.2, -0.15) is 3.96 Å². The third-order valence-electron chi connectivity index (χ3n) is 1.78. The number of fused-ring (bicyclic) bond motifs is 1. The van der Waals surface area contributed by atoms with Crippen molar-refractivity contribution in [1.29, 1.82) is 0 Å². The zero-order chi connectivity index (χ0) is 9.42. The molecule has 1 aromatic carbocycles. The van der Waals surface area contributed by atoms with Crippen LogP contribution in [-0.4, -0.2) is 9.86 Å². The molecular formula is C9H9NO2S. The Hall–Kier alpha value is -1.42. The van der Waals surface area contributed by atoms with E-state index in [0.717, 1.165) is 4.70 Å². The third-order valence-corrected chi connectivity index (χ3v) is 2.94. The van der Waals surface area contributed by atoms with Gasteiger partial charge in [0.1, 0.15) is 0 Å². The summed E-state index contributed by atoms with van der Waals surface area (Å²) >= 11 is 1.19. The highest BCUT2D eigenvalue weighted by atomic mass is 32.1. The Balaban J connectivity index is 0.000000980. The van der Waals surface area contributed by atoms with Crippen LogP contribution in [0.3, 0.4) is 0 Å². The van der Waals surface area contributed by atoms with E-state index in [4.69, 9.17) is 0 Å². The summed E-state index contributed by atoms with van der Waals surface area (Å²) < 4.78 is 2.02. The first-order chi connectivity index (χ1) is 6.20. The fraction of sp³-hybridized carbons (Fsp3) is 0.111. The van der Waals surface area contributed by atoms with Crippen molar-refractivity contribution >= 4 is 27.5 Å². The summed E-state index contributed by atoms with van der Waals surface area (Å²) in [7, 11) is 0. The summed E-state index contributed by atoms with van der Waals surface area (Å²) in [5.41, 5.74) is -0.215. The minimum Gasteiger partial charge on any atom is -0.273 e. The van der Waals surface area contributed by atoms with Crippen LogP contribution >= 0.6 is 11.5 Å². The lowest BCUT2D eigenvalue weighted by Crippen LogP contribution is -2.17. The van der Waals surface area contributed by atoms with Crippen molar-refractivity contribution in [2.75, 3.05) is 0 Å². The lowest BCUT2D eigenvalue weighted by molar-refractivity contribution is 0.0946. The minimum atomic E-state index is -0.230. The zero-order valence-corrected chi connectivity index (χ0v) is 7.80. The van der Waals surface area contributed by atoms with Gasteiger partial charge in [0.05, 0.1) is 10.1 Å². The average molecular weight is 195 g/mol. The van der Waals surface area contributed by atoms with Gasteiger partial charge in [-0.25, -0.2) is 0 Å². The van der Waals surface area contributed by atoms with Crippen LogP contribution in [0.15, 0.2) is 29.1 Å². The molecule has 0 fully saturated rings. The summed E-state index contributed by atoms with van der Waals surface area (Å²) in [6.07, 6.45) is 0. The van der Waals surface area contributed by atoms with E-state index in [-0.39, 0.29) is 12.9 Å². The average Bonchev–Trinajstić information content (AvgIpc) is 2.45.